The second-order valence-electron chi connectivity index (χ2n) is 8.61. The number of rotatable bonds is 11. The summed E-state index contributed by atoms with van der Waals surface area (Å²) < 4.78 is 68.3. The predicted octanol–water partition coefficient (Wildman–Crippen LogP) is 3.76. The normalized spacial score (nSPS) is 11.5. The molecule has 0 radical (unpaired) electrons. The summed E-state index contributed by atoms with van der Waals surface area (Å²) >= 11 is 0. The van der Waals surface area contributed by atoms with Gasteiger partial charge in [0.1, 0.15) is 0 Å². The minimum absolute atomic E-state index is 0. The second kappa shape index (κ2) is 15.3. The van der Waals surface area contributed by atoms with Gasteiger partial charge in [-0.3, -0.25) is 9.11 Å². The van der Waals surface area contributed by atoms with Crippen molar-refractivity contribution in [1.29, 1.82) is 0 Å². The maximum absolute atomic E-state index is 12.4. The van der Waals surface area contributed by atoms with E-state index in [0.717, 1.165) is 55.8 Å². The first kappa shape index (κ1) is 36.1. The van der Waals surface area contributed by atoms with Crippen LogP contribution < -0.4 is 9.80 Å². The molecule has 0 aromatic heterocycles. The van der Waals surface area contributed by atoms with Crippen LogP contribution in [0.4, 0.5) is 11.4 Å². The Morgan fingerprint density at radius 1 is 0.615 bits per heavy atom. The number of nitrogens with zero attached hydrogens (tertiary/aromatic N) is 2. The summed E-state index contributed by atoms with van der Waals surface area (Å²) in [7, 11) is -9.33. The molecule has 3 aromatic rings. The Bertz CT molecular complexity index is 1370. The molecule has 0 saturated heterocycles. The third-order valence-electron chi connectivity index (χ3n) is 6.58. The molecule has 0 fully saturated rings. The number of hydrogen-bond acceptors (Lipinski definition) is 6. The number of anilines is 2. The molecule has 0 aliphatic rings. The molecular weight excluding hydrogens is 558 g/mol. The summed E-state index contributed by atoms with van der Waals surface area (Å²) in [6, 6.07) is 18.3. The van der Waals surface area contributed by atoms with Gasteiger partial charge in [-0.2, -0.15) is 16.8 Å². The van der Waals surface area contributed by atoms with Crippen LogP contribution in [0.1, 0.15) is 50.3 Å². The zero-order valence-electron chi connectivity index (χ0n) is 21.5. The fraction of sp³-hybridized carbons (Fsp3) is 0.333. The van der Waals surface area contributed by atoms with Crippen LogP contribution in [0.25, 0.3) is 0 Å². The van der Waals surface area contributed by atoms with Gasteiger partial charge in [0.15, 0.2) is 0 Å². The van der Waals surface area contributed by atoms with Gasteiger partial charge in [0, 0.05) is 43.5 Å². The van der Waals surface area contributed by atoms with Crippen molar-refractivity contribution >= 4 is 90.7 Å². The van der Waals surface area contributed by atoms with Gasteiger partial charge in [-0.25, -0.2) is 0 Å². The summed E-state index contributed by atoms with van der Waals surface area (Å²) in [5.41, 5.74) is 3.42. The van der Waals surface area contributed by atoms with Gasteiger partial charge in [0.2, 0.25) is 0 Å². The van der Waals surface area contributed by atoms with Crippen molar-refractivity contribution in [1.82, 2.24) is 0 Å². The summed E-state index contributed by atoms with van der Waals surface area (Å²) in [5, 5.41) is 0. The summed E-state index contributed by atoms with van der Waals surface area (Å²) in [5.74, 6) is -0.741. The first-order valence-corrected chi connectivity index (χ1v) is 15.1. The van der Waals surface area contributed by atoms with Crippen LogP contribution >= 0.6 is 0 Å². The Morgan fingerprint density at radius 2 is 1.00 bits per heavy atom. The van der Waals surface area contributed by atoms with Gasteiger partial charge < -0.3 is 9.80 Å². The molecule has 0 amide bonds. The topological polar surface area (TPSA) is 115 Å². The standard InChI is InChI=1S/C27H34N2O6S2.2Na.2H/c1-5-28(6-2)22-13-9-20(10-14-22)27(21-11-15-23(16-12-21)29(7-3)8-4)25-19-24(36(30,31)32)17-18-26(25)37(33,34)35;;;;/h9-19,27H,5-8H2,1-4H3,(H,30,31,32)(H,33,34,35);;;;. The quantitative estimate of drug-likeness (QED) is 0.196. The molecule has 0 bridgehead atoms. The Labute approximate surface area is 276 Å². The average molecular weight is 595 g/mol. The third kappa shape index (κ3) is 8.78. The van der Waals surface area contributed by atoms with Crippen LogP contribution in [0.3, 0.4) is 0 Å². The molecule has 3 aromatic carbocycles. The fourth-order valence-electron chi connectivity index (χ4n) is 4.63. The SMILES string of the molecule is CCN(CC)c1ccc(C(c2ccc(N(CC)CC)cc2)c2cc(S(=O)(=O)O)ccc2S(=O)(=O)O)cc1.[NaH].[NaH]. The summed E-state index contributed by atoms with van der Waals surface area (Å²) in [4.78, 5) is 3.45. The van der Waals surface area contributed by atoms with E-state index in [1.54, 1.807) is 0 Å². The van der Waals surface area contributed by atoms with Crippen molar-refractivity contribution < 1.29 is 25.9 Å². The first-order valence-electron chi connectivity index (χ1n) is 12.2. The molecule has 0 saturated carbocycles. The van der Waals surface area contributed by atoms with Crippen molar-refractivity contribution in [3.8, 4) is 0 Å². The Hall–Kier alpha value is -0.920. The molecule has 8 nitrogen and oxygen atoms in total. The van der Waals surface area contributed by atoms with Crippen LogP contribution in [0.15, 0.2) is 76.5 Å². The van der Waals surface area contributed by atoms with E-state index in [1.165, 1.54) is 0 Å². The number of hydrogen-bond donors (Lipinski definition) is 2. The summed E-state index contributed by atoms with van der Waals surface area (Å²) in [6.45, 7) is 11.5. The van der Waals surface area contributed by atoms with E-state index in [2.05, 4.69) is 37.5 Å². The molecule has 3 rings (SSSR count). The van der Waals surface area contributed by atoms with E-state index >= 15 is 0 Å². The Balaban J connectivity index is 0.00000380. The molecule has 204 valence electrons. The van der Waals surface area contributed by atoms with Gasteiger partial charge in [-0.15, -0.1) is 0 Å². The van der Waals surface area contributed by atoms with Gasteiger partial charge in [0.25, 0.3) is 20.2 Å². The molecule has 0 aliphatic heterocycles. The third-order valence-corrected chi connectivity index (χ3v) is 8.36. The molecule has 0 unspecified atom stereocenters. The van der Waals surface area contributed by atoms with Gasteiger partial charge in [-0.1, -0.05) is 24.3 Å². The second-order valence-corrected chi connectivity index (χ2v) is 11.4. The van der Waals surface area contributed by atoms with Crippen molar-refractivity contribution in [2.75, 3.05) is 36.0 Å². The first-order chi connectivity index (χ1) is 17.4. The van der Waals surface area contributed by atoms with Crippen molar-refractivity contribution in [2.24, 2.45) is 0 Å². The van der Waals surface area contributed by atoms with E-state index < -0.39 is 35.9 Å². The van der Waals surface area contributed by atoms with E-state index in [-0.39, 0.29) is 64.7 Å². The van der Waals surface area contributed by atoms with E-state index in [4.69, 9.17) is 0 Å². The predicted molar refractivity (Wildman–Crippen MR) is 161 cm³/mol. The van der Waals surface area contributed by atoms with Crippen molar-refractivity contribution in [3.05, 3.63) is 83.4 Å². The van der Waals surface area contributed by atoms with Crippen molar-refractivity contribution in [2.45, 2.75) is 43.4 Å². The maximum atomic E-state index is 12.4. The molecule has 12 heteroatoms. The van der Waals surface area contributed by atoms with Crippen LogP contribution in [0.5, 0.6) is 0 Å². The van der Waals surface area contributed by atoms with E-state index in [9.17, 15) is 25.9 Å². The van der Waals surface area contributed by atoms with Gasteiger partial charge >= 0.3 is 59.1 Å². The average Bonchev–Trinajstić information content (AvgIpc) is 2.86. The van der Waals surface area contributed by atoms with Crippen LogP contribution in [-0.4, -0.2) is 111 Å². The molecule has 2 N–H and O–H groups in total. The Morgan fingerprint density at radius 3 is 1.31 bits per heavy atom. The summed E-state index contributed by atoms with van der Waals surface area (Å²) in [6.07, 6.45) is 0. The van der Waals surface area contributed by atoms with Crippen LogP contribution in [-0.2, 0) is 20.2 Å². The molecule has 0 atom stereocenters. The zero-order valence-corrected chi connectivity index (χ0v) is 23.1. The molecular formula is C27H36N2Na2O6S2. The Kier molecular flexibility index (Phi) is 14.2. The minimum atomic E-state index is -4.71. The zero-order chi connectivity index (χ0) is 27.4. The van der Waals surface area contributed by atoms with Crippen LogP contribution in [0.2, 0.25) is 0 Å². The number of benzene rings is 3. The molecule has 0 spiro atoms. The van der Waals surface area contributed by atoms with Gasteiger partial charge in [-0.05, 0) is 86.8 Å². The molecule has 39 heavy (non-hydrogen) atoms. The van der Waals surface area contributed by atoms with Crippen LogP contribution in [0, 0.1) is 0 Å². The van der Waals surface area contributed by atoms with Gasteiger partial charge in [0.05, 0.1) is 9.79 Å². The molecule has 0 aliphatic carbocycles. The van der Waals surface area contributed by atoms with Crippen molar-refractivity contribution in [3.63, 3.8) is 0 Å². The van der Waals surface area contributed by atoms with E-state index in [0.29, 0.717) is 11.1 Å². The fourth-order valence-corrected chi connectivity index (χ4v) is 5.86. The van der Waals surface area contributed by atoms with E-state index in [1.807, 2.05) is 48.5 Å². The molecule has 0 heterocycles. The monoisotopic (exact) mass is 594 g/mol.